The molecule has 2 fully saturated rings. The van der Waals surface area contributed by atoms with Crippen molar-refractivity contribution in [3.05, 3.63) is 33.7 Å². The smallest absolute Gasteiger partial charge is 0.326 e. The lowest BCUT2D eigenvalue weighted by atomic mass is 9.79. The number of hydrogen-bond donors (Lipinski definition) is 1. The van der Waals surface area contributed by atoms with E-state index in [1.54, 1.807) is 0 Å². The summed E-state index contributed by atoms with van der Waals surface area (Å²) in [5.74, 6) is 0. The second-order valence-corrected chi connectivity index (χ2v) is 8.55. The second kappa shape index (κ2) is 7.02. The number of hydrogen-bond acceptors (Lipinski definition) is 3. The molecular formula is C20H28ClN3O2. The minimum absolute atomic E-state index is 0.0208. The zero-order valence-corrected chi connectivity index (χ0v) is 16.4. The second-order valence-electron chi connectivity index (χ2n) is 8.11. The van der Waals surface area contributed by atoms with Crippen LogP contribution in [-0.2, 0) is 4.74 Å². The number of H-pyrrole nitrogens is 1. The highest BCUT2D eigenvalue weighted by Gasteiger charge is 2.38. The highest BCUT2D eigenvalue weighted by atomic mass is 35.5. The Balaban J connectivity index is 1.48. The standard InChI is InChI=1S/C20H28ClN3O2/c1-20(9-5-16(26-2)6-10-20)23-11-7-15(8-12-23)24-18-4-3-14(21)13-17(18)22-19(24)25/h3-4,13,15-16H,5-12H2,1-2H3,(H,22,25)/t16-,20-. The molecule has 1 aliphatic heterocycles. The number of fused-ring (bicyclic) bond motifs is 1. The Labute approximate surface area is 159 Å². The molecule has 0 radical (unpaired) electrons. The average molecular weight is 378 g/mol. The summed E-state index contributed by atoms with van der Waals surface area (Å²) in [5.41, 5.74) is 2.05. The lowest BCUT2D eigenvalue weighted by molar-refractivity contribution is -0.0146. The molecule has 1 N–H and O–H groups in total. The average Bonchev–Trinajstić information content (AvgIpc) is 2.97. The van der Waals surface area contributed by atoms with Crippen LogP contribution in [0.3, 0.4) is 0 Å². The number of rotatable bonds is 3. The van der Waals surface area contributed by atoms with Crippen molar-refractivity contribution in [2.24, 2.45) is 0 Å². The number of nitrogens with zero attached hydrogens (tertiary/aromatic N) is 2. The first-order valence-corrected chi connectivity index (χ1v) is 10.1. The van der Waals surface area contributed by atoms with Gasteiger partial charge in [-0.1, -0.05) is 11.6 Å². The van der Waals surface area contributed by atoms with E-state index >= 15 is 0 Å². The quantitative estimate of drug-likeness (QED) is 0.880. The van der Waals surface area contributed by atoms with E-state index in [1.807, 2.05) is 29.9 Å². The maximum absolute atomic E-state index is 12.5. The fourth-order valence-corrected chi connectivity index (χ4v) is 5.07. The lowest BCUT2D eigenvalue weighted by Gasteiger charge is -2.48. The van der Waals surface area contributed by atoms with Gasteiger partial charge in [-0.15, -0.1) is 0 Å². The Hall–Kier alpha value is -1.30. The predicted molar refractivity (Wildman–Crippen MR) is 105 cm³/mol. The number of aromatic nitrogens is 2. The van der Waals surface area contributed by atoms with E-state index in [-0.39, 0.29) is 17.3 Å². The number of ether oxygens (including phenoxy) is 1. The molecule has 5 nitrogen and oxygen atoms in total. The lowest BCUT2D eigenvalue weighted by Crippen LogP contribution is -2.52. The van der Waals surface area contributed by atoms with Gasteiger partial charge in [0.25, 0.3) is 0 Å². The van der Waals surface area contributed by atoms with Crippen molar-refractivity contribution in [1.82, 2.24) is 14.5 Å². The van der Waals surface area contributed by atoms with Gasteiger partial charge >= 0.3 is 5.69 Å². The van der Waals surface area contributed by atoms with Gasteiger partial charge in [-0.05, 0) is 63.6 Å². The largest absolute Gasteiger partial charge is 0.381 e. The fourth-order valence-electron chi connectivity index (χ4n) is 4.89. The van der Waals surface area contributed by atoms with E-state index in [2.05, 4.69) is 16.8 Å². The summed E-state index contributed by atoms with van der Waals surface area (Å²) in [6, 6.07) is 5.90. The van der Waals surface area contributed by atoms with Gasteiger partial charge in [0, 0.05) is 36.8 Å². The molecule has 2 heterocycles. The number of nitrogens with one attached hydrogen (secondary N) is 1. The summed E-state index contributed by atoms with van der Waals surface area (Å²) in [5, 5.41) is 0.653. The van der Waals surface area contributed by atoms with Crippen LogP contribution < -0.4 is 5.69 Å². The van der Waals surface area contributed by atoms with Gasteiger partial charge in [0.15, 0.2) is 0 Å². The predicted octanol–water partition coefficient (Wildman–Crippen LogP) is 3.97. The molecule has 26 heavy (non-hydrogen) atoms. The molecule has 1 aliphatic carbocycles. The summed E-state index contributed by atoms with van der Waals surface area (Å²) >= 11 is 6.06. The van der Waals surface area contributed by atoms with Gasteiger partial charge in [-0.25, -0.2) is 4.79 Å². The molecule has 0 atom stereocenters. The molecule has 0 amide bonds. The summed E-state index contributed by atoms with van der Waals surface area (Å²) < 4.78 is 7.47. The highest BCUT2D eigenvalue weighted by molar-refractivity contribution is 6.31. The minimum Gasteiger partial charge on any atom is -0.381 e. The molecule has 0 unspecified atom stereocenters. The highest BCUT2D eigenvalue weighted by Crippen LogP contribution is 2.37. The van der Waals surface area contributed by atoms with Crippen molar-refractivity contribution in [3.8, 4) is 0 Å². The van der Waals surface area contributed by atoms with Crippen LogP contribution in [0.4, 0.5) is 0 Å². The van der Waals surface area contributed by atoms with Crippen LogP contribution in [0, 0.1) is 0 Å². The molecule has 4 rings (SSSR count). The molecule has 142 valence electrons. The van der Waals surface area contributed by atoms with Crippen LogP contribution in [-0.4, -0.2) is 46.3 Å². The van der Waals surface area contributed by atoms with Gasteiger partial charge in [0.1, 0.15) is 0 Å². The van der Waals surface area contributed by atoms with Crippen molar-refractivity contribution >= 4 is 22.6 Å². The molecule has 1 aromatic carbocycles. The van der Waals surface area contributed by atoms with E-state index < -0.39 is 0 Å². The summed E-state index contributed by atoms with van der Waals surface area (Å²) in [4.78, 5) is 18.1. The first kappa shape index (κ1) is 18.1. The van der Waals surface area contributed by atoms with E-state index in [0.29, 0.717) is 11.1 Å². The zero-order chi connectivity index (χ0) is 18.3. The normalized spacial score (nSPS) is 28.7. The zero-order valence-electron chi connectivity index (χ0n) is 15.6. The Kier molecular flexibility index (Phi) is 4.88. The number of methoxy groups -OCH3 is 1. The van der Waals surface area contributed by atoms with E-state index in [1.165, 1.54) is 12.8 Å². The van der Waals surface area contributed by atoms with Crippen molar-refractivity contribution in [3.63, 3.8) is 0 Å². The molecule has 2 aliphatic rings. The number of likely N-dealkylation sites (tertiary alicyclic amines) is 1. The molecule has 0 bridgehead atoms. The summed E-state index contributed by atoms with van der Waals surface area (Å²) in [7, 11) is 1.82. The van der Waals surface area contributed by atoms with Gasteiger partial charge in [0.2, 0.25) is 0 Å². The fraction of sp³-hybridized carbons (Fsp3) is 0.650. The third-order valence-corrected chi connectivity index (χ3v) is 6.85. The Bertz CT molecular complexity index is 827. The van der Waals surface area contributed by atoms with Gasteiger partial charge < -0.3 is 9.72 Å². The Morgan fingerprint density at radius 2 is 1.88 bits per heavy atom. The van der Waals surface area contributed by atoms with Crippen LogP contribution in [0.15, 0.2) is 23.0 Å². The Morgan fingerprint density at radius 3 is 2.54 bits per heavy atom. The van der Waals surface area contributed by atoms with Crippen molar-refractivity contribution in [1.29, 1.82) is 0 Å². The van der Waals surface area contributed by atoms with Crippen molar-refractivity contribution in [2.45, 2.75) is 63.1 Å². The van der Waals surface area contributed by atoms with Crippen molar-refractivity contribution in [2.75, 3.05) is 20.2 Å². The summed E-state index contributed by atoms with van der Waals surface area (Å²) in [6.45, 7) is 4.50. The molecule has 1 aromatic heterocycles. The van der Waals surface area contributed by atoms with Crippen LogP contribution in [0.2, 0.25) is 5.02 Å². The minimum atomic E-state index is -0.0208. The third kappa shape index (κ3) is 3.21. The molecule has 1 saturated heterocycles. The third-order valence-electron chi connectivity index (χ3n) is 6.61. The van der Waals surface area contributed by atoms with Crippen LogP contribution in [0.1, 0.15) is 51.5 Å². The molecular weight excluding hydrogens is 350 g/mol. The molecule has 1 saturated carbocycles. The van der Waals surface area contributed by atoms with Gasteiger partial charge in [0.05, 0.1) is 17.1 Å². The number of benzene rings is 1. The van der Waals surface area contributed by atoms with E-state index in [9.17, 15) is 4.79 Å². The SMILES string of the molecule is CO[C@H]1CC[C@](C)(N2CCC(n3c(=O)[nH]c4cc(Cl)ccc43)CC2)CC1. The number of halogens is 1. The molecule has 0 spiro atoms. The monoisotopic (exact) mass is 377 g/mol. The molecule has 6 heteroatoms. The maximum atomic E-state index is 12.5. The van der Waals surface area contributed by atoms with Gasteiger partial charge in [-0.2, -0.15) is 0 Å². The first-order chi connectivity index (χ1) is 12.5. The topological polar surface area (TPSA) is 50.3 Å². The van der Waals surface area contributed by atoms with Crippen molar-refractivity contribution < 1.29 is 4.74 Å². The van der Waals surface area contributed by atoms with E-state index in [4.69, 9.17) is 16.3 Å². The summed E-state index contributed by atoms with van der Waals surface area (Å²) in [6.07, 6.45) is 7.14. The van der Waals surface area contributed by atoms with Gasteiger partial charge in [-0.3, -0.25) is 9.47 Å². The van der Waals surface area contributed by atoms with Crippen LogP contribution in [0.25, 0.3) is 11.0 Å². The first-order valence-electron chi connectivity index (χ1n) is 9.68. The maximum Gasteiger partial charge on any atom is 0.326 e. The van der Waals surface area contributed by atoms with E-state index in [0.717, 1.165) is 49.8 Å². The number of aromatic amines is 1. The Morgan fingerprint density at radius 1 is 1.19 bits per heavy atom. The van der Waals surface area contributed by atoms with Crippen LogP contribution >= 0.6 is 11.6 Å². The van der Waals surface area contributed by atoms with Crippen LogP contribution in [0.5, 0.6) is 0 Å². The number of piperidine rings is 1. The number of imidazole rings is 1. The molecule has 2 aromatic rings.